The summed E-state index contributed by atoms with van der Waals surface area (Å²) in [5, 5.41) is 0. The molecule has 1 aliphatic heterocycles. The third-order valence-corrected chi connectivity index (χ3v) is 4.77. The number of carbonyl (C=O) groups excluding carboxylic acids is 2. The number of nitrogens with one attached hydrogen (secondary N) is 1. The number of aromatic nitrogens is 1. The number of sulfonamides is 1. The molecule has 0 aliphatic carbocycles. The fourth-order valence-corrected chi connectivity index (χ4v) is 3.32. The highest BCUT2D eigenvalue weighted by atomic mass is 32.2. The van der Waals surface area contributed by atoms with E-state index in [2.05, 4.69) is 9.71 Å². The molecule has 1 aliphatic rings. The highest BCUT2D eigenvalue weighted by Crippen LogP contribution is 2.24. The van der Waals surface area contributed by atoms with E-state index in [9.17, 15) is 18.0 Å². The molecule has 0 bridgehead atoms. The molecular formula is C15H13N3O4S. The highest BCUT2D eigenvalue weighted by molar-refractivity contribution is 7.92. The van der Waals surface area contributed by atoms with E-state index in [0.717, 1.165) is 4.90 Å². The Hall–Kier alpha value is -2.74. The number of imide groups is 1. The van der Waals surface area contributed by atoms with Gasteiger partial charge in [0.2, 0.25) is 11.8 Å². The molecule has 3 rings (SSSR count). The monoisotopic (exact) mass is 331 g/mol. The average molecular weight is 331 g/mol. The normalized spacial score (nSPS) is 15.0. The SMILES string of the molecule is O=C1CCC(=O)N1c1ccc(S(=O)(=O)Nc2cccnc2)cc1. The van der Waals surface area contributed by atoms with Gasteiger partial charge in [-0.15, -0.1) is 0 Å². The van der Waals surface area contributed by atoms with Crippen LogP contribution in [0.2, 0.25) is 0 Å². The molecule has 2 heterocycles. The maximum atomic E-state index is 12.3. The van der Waals surface area contributed by atoms with Gasteiger partial charge in [-0.3, -0.25) is 24.2 Å². The lowest BCUT2D eigenvalue weighted by Gasteiger charge is -2.14. The maximum absolute atomic E-state index is 12.3. The average Bonchev–Trinajstić information content (AvgIpc) is 2.87. The highest BCUT2D eigenvalue weighted by Gasteiger charge is 2.30. The van der Waals surface area contributed by atoms with Crippen molar-refractivity contribution in [1.29, 1.82) is 0 Å². The Morgan fingerprint density at radius 2 is 1.65 bits per heavy atom. The van der Waals surface area contributed by atoms with Gasteiger partial charge in [-0.1, -0.05) is 0 Å². The predicted molar refractivity (Wildman–Crippen MR) is 83.2 cm³/mol. The minimum absolute atomic E-state index is 0.0317. The van der Waals surface area contributed by atoms with E-state index in [0.29, 0.717) is 11.4 Å². The molecule has 0 atom stereocenters. The Balaban J connectivity index is 1.84. The number of hydrogen-bond donors (Lipinski definition) is 1. The van der Waals surface area contributed by atoms with Crippen LogP contribution in [0.25, 0.3) is 0 Å². The van der Waals surface area contributed by atoms with Crippen LogP contribution in [0.15, 0.2) is 53.7 Å². The molecule has 0 spiro atoms. The Morgan fingerprint density at radius 3 is 2.22 bits per heavy atom. The minimum Gasteiger partial charge on any atom is -0.278 e. The van der Waals surface area contributed by atoms with Crippen molar-refractivity contribution in [2.45, 2.75) is 17.7 Å². The summed E-state index contributed by atoms with van der Waals surface area (Å²) in [7, 11) is -3.76. The fourth-order valence-electron chi connectivity index (χ4n) is 2.28. The van der Waals surface area contributed by atoms with Gasteiger partial charge >= 0.3 is 0 Å². The number of benzene rings is 1. The van der Waals surface area contributed by atoms with E-state index in [1.54, 1.807) is 12.1 Å². The standard InChI is InChI=1S/C15H13N3O4S/c19-14-7-8-15(20)18(14)12-3-5-13(6-4-12)23(21,22)17-11-2-1-9-16-10-11/h1-6,9-10,17H,7-8H2. The zero-order valence-corrected chi connectivity index (χ0v) is 12.8. The third kappa shape index (κ3) is 3.07. The number of amides is 2. The molecule has 1 saturated heterocycles. The van der Waals surface area contributed by atoms with E-state index in [4.69, 9.17) is 0 Å². The van der Waals surface area contributed by atoms with Crippen LogP contribution < -0.4 is 9.62 Å². The van der Waals surface area contributed by atoms with E-state index in [-0.39, 0.29) is 29.6 Å². The molecule has 1 aromatic heterocycles. The van der Waals surface area contributed by atoms with E-state index < -0.39 is 10.0 Å². The lowest BCUT2D eigenvalue weighted by molar-refractivity contribution is -0.121. The quantitative estimate of drug-likeness (QED) is 0.857. The number of anilines is 2. The number of rotatable bonds is 4. The van der Waals surface area contributed by atoms with Gasteiger partial charge in [0, 0.05) is 19.0 Å². The number of pyridine rings is 1. The fraction of sp³-hybridized carbons (Fsp3) is 0.133. The molecule has 0 radical (unpaired) electrons. The van der Waals surface area contributed by atoms with E-state index in [1.165, 1.54) is 36.7 Å². The summed E-state index contributed by atoms with van der Waals surface area (Å²) >= 11 is 0. The molecule has 0 unspecified atom stereocenters. The summed E-state index contributed by atoms with van der Waals surface area (Å²) in [4.78, 5) is 28.3. The second kappa shape index (κ2) is 5.81. The van der Waals surface area contributed by atoms with Gasteiger partial charge in [-0.05, 0) is 36.4 Å². The number of hydrogen-bond acceptors (Lipinski definition) is 5. The number of nitrogens with zero attached hydrogens (tertiary/aromatic N) is 2. The number of carbonyl (C=O) groups is 2. The van der Waals surface area contributed by atoms with Crippen LogP contribution in [0.1, 0.15) is 12.8 Å². The second-order valence-electron chi connectivity index (χ2n) is 4.96. The summed E-state index contributed by atoms with van der Waals surface area (Å²) < 4.78 is 27.0. The van der Waals surface area contributed by atoms with Crippen molar-refractivity contribution in [3.8, 4) is 0 Å². The van der Waals surface area contributed by atoms with Crippen molar-refractivity contribution >= 4 is 33.2 Å². The zero-order valence-electron chi connectivity index (χ0n) is 12.0. The van der Waals surface area contributed by atoms with Gasteiger partial charge in [-0.25, -0.2) is 8.42 Å². The molecule has 23 heavy (non-hydrogen) atoms. The van der Waals surface area contributed by atoms with Gasteiger partial charge in [0.05, 0.1) is 22.5 Å². The summed E-state index contributed by atoms with van der Waals surface area (Å²) in [6, 6.07) is 8.80. The van der Waals surface area contributed by atoms with Crippen molar-refractivity contribution in [2.24, 2.45) is 0 Å². The van der Waals surface area contributed by atoms with Crippen LogP contribution in [0, 0.1) is 0 Å². The lowest BCUT2D eigenvalue weighted by atomic mass is 10.3. The zero-order chi connectivity index (χ0) is 16.4. The van der Waals surface area contributed by atoms with Crippen molar-refractivity contribution in [3.05, 3.63) is 48.8 Å². The molecular weight excluding hydrogens is 318 g/mol. The molecule has 1 aromatic carbocycles. The van der Waals surface area contributed by atoms with Crippen LogP contribution in [0.5, 0.6) is 0 Å². The van der Waals surface area contributed by atoms with Gasteiger partial charge in [0.25, 0.3) is 10.0 Å². The van der Waals surface area contributed by atoms with Crippen LogP contribution in [-0.4, -0.2) is 25.2 Å². The Kier molecular flexibility index (Phi) is 3.83. The molecule has 0 saturated carbocycles. The molecule has 118 valence electrons. The molecule has 1 N–H and O–H groups in total. The Bertz CT molecular complexity index is 832. The summed E-state index contributed by atoms with van der Waals surface area (Å²) in [6.45, 7) is 0. The first-order valence-electron chi connectivity index (χ1n) is 6.86. The lowest BCUT2D eigenvalue weighted by Crippen LogP contribution is -2.28. The van der Waals surface area contributed by atoms with Crippen LogP contribution in [0.3, 0.4) is 0 Å². The molecule has 8 heteroatoms. The Labute approximate surface area is 133 Å². The van der Waals surface area contributed by atoms with Crippen LogP contribution in [-0.2, 0) is 19.6 Å². The van der Waals surface area contributed by atoms with Gasteiger partial charge in [-0.2, -0.15) is 0 Å². The topological polar surface area (TPSA) is 96.4 Å². The molecule has 7 nitrogen and oxygen atoms in total. The van der Waals surface area contributed by atoms with E-state index >= 15 is 0 Å². The molecule has 2 aromatic rings. The van der Waals surface area contributed by atoms with Crippen molar-refractivity contribution in [1.82, 2.24) is 4.98 Å². The second-order valence-corrected chi connectivity index (χ2v) is 6.65. The van der Waals surface area contributed by atoms with Crippen molar-refractivity contribution < 1.29 is 18.0 Å². The Morgan fingerprint density at radius 1 is 1.00 bits per heavy atom. The predicted octanol–water partition coefficient (Wildman–Crippen LogP) is 1.54. The van der Waals surface area contributed by atoms with Crippen molar-refractivity contribution in [2.75, 3.05) is 9.62 Å². The maximum Gasteiger partial charge on any atom is 0.261 e. The molecule has 2 amide bonds. The summed E-state index contributed by atoms with van der Waals surface area (Å²) in [6.07, 6.45) is 3.30. The first-order chi connectivity index (χ1) is 11.0. The van der Waals surface area contributed by atoms with E-state index in [1.807, 2.05) is 0 Å². The van der Waals surface area contributed by atoms with Crippen LogP contribution in [0.4, 0.5) is 11.4 Å². The first-order valence-corrected chi connectivity index (χ1v) is 8.34. The third-order valence-electron chi connectivity index (χ3n) is 3.37. The largest absolute Gasteiger partial charge is 0.278 e. The van der Waals surface area contributed by atoms with Gasteiger partial charge in [0.15, 0.2) is 0 Å². The van der Waals surface area contributed by atoms with Crippen molar-refractivity contribution in [3.63, 3.8) is 0 Å². The summed E-state index contributed by atoms with van der Waals surface area (Å²) in [5.41, 5.74) is 0.722. The minimum atomic E-state index is -3.76. The van der Waals surface area contributed by atoms with Gasteiger partial charge < -0.3 is 0 Å². The summed E-state index contributed by atoms with van der Waals surface area (Å²) in [5.74, 6) is -0.557. The molecule has 1 fully saturated rings. The first kappa shape index (κ1) is 15.2. The smallest absolute Gasteiger partial charge is 0.261 e. The van der Waals surface area contributed by atoms with Crippen LogP contribution >= 0.6 is 0 Å². The van der Waals surface area contributed by atoms with Gasteiger partial charge in [0.1, 0.15) is 0 Å².